The molecule has 0 radical (unpaired) electrons. The molecule has 0 aliphatic heterocycles. The van der Waals surface area contributed by atoms with E-state index in [-0.39, 0.29) is 11.8 Å². The summed E-state index contributed by atoms with van der Waals surface area (Å²) in [5.41, 5.74) is 6.46. The van der Waals surface area contributed by atoms with Crippen LogP contribution in [0.25, 0.3) is 11.1 Å². The van der Waals surface area contributed by atoms with Crippen LogP contribution in [0.1, 0.15) is 76.5 Å². The van der Waals surface area contributed by atoms with Crippen LogP contribution in [0.5, 0.6) is 0 Å². The number of aryl methyl sites for hydroxylation is 2. The summed E-state index contributed by atoms with van der Waals surface area (Å²) in [5.74, 6) is 0. The number of pyridine rings is 1. The molecule has 0 fully saturated rings. The summed E-state index contributed by atoms with van der Waals surface area (Å²) in [6.45, 7) is 16.5. The molecule has 172 valence electrons. The molecule has 32 heavy (non-hydrogen) atoms. The van der Waals surface area contributed by atoms with Crippen molar-refractivity contribution in [3.05, 3.63) is 52.3 Å². The zero-order valence-electron chi connectivity index (χ0n) is 20.8. The largest absolute Gasteiger partial charge is 0.444 e. The number of nitrogens with one attached hydrogen (secondary N) is 1. The molecule has 0 spiro atoms. The Morgan fingerprint density at radius 3 is 2.19 bits per heavy atom. The second-order valence-electron chi connectivity index (χ2n) is 10.5. The highest BCUT2D eigenvalue weighted by atomic mass is 16.6. The Kier molecular flexibility index (Phi) is 8.07. The first-order chi connectivity index (χ1) is 14.8. The zero-order valence-corrected chi connectivity index (χ0v) is 20.8. The fraction of sp³-hybridized carbons (Fsp3) is 0.519. The van der Waals surface area contributed by atoms with Gasteiger partial charge in [0, 0.05) is 23.5 Å². The summed E-state index contributed by atoms with van der Waals surface area (Å²) in [6, 6.07) is 10.6. The predicted octanol–water partition coefficient (Wildman–Crippen LogP) is 6.30. The Balaban J connectivity index is 2.71. The van der Waals surface area contributed by atoms with Gasteiger partial charge < -0.3 is 10.1 Å². The van der Waals surface area contributed by atoms with Gasteiger partial charge in [0.2, 0.25) is 0 Å². The van der Waals surface area contributed by atoms with Gasteiger partial charge in [0.15, 0.2) is 0 Å². The molecule has 5 heteroatoms. The minimum Gasteiger partial charge on any atom is -0.444 e. The average molecular weight is 436 g/mol. The van der Waals surface area contributed by atoms with Crippen molar-refractivity contribution >= 4 is 6.09 Å². The number of carbonyl (C=O) groups excluding carboxylic acids is 1. The van der Waals surface area contributed by atoms with Crippen LogP contribution in [-0.4, -0.2) is 16.7 Å². The number of hydrogen-bond acceptors (Lipinski definition) is 4. The number of amides is 1. The molecular formula is C27H37N3O2. The first kappa shape index (κ1) is 25.4. The molecular weight excluding hydrogens is 398 g/mol. The van der Waals surface area contributed by atoms with E-state index >= 15 is 0 Å². The summed E-state index contributed by atoms with van der Waals surface area (Å²) in [6.07, 6.45) is 1.31. The maximum atomic E-state index is 12.4. The number of nitrogens with zero attached hydrogens (tertiary/aromatic N) is 2. The average Bonchev–Trinajstić information content (AvgIpc) is 2.66. The number of carbonyl (C=O) groups is 1. The van der Waals surface area contributed by atoms with Gasteiger partial charge >= 0.3 is 6.09 Å². The normalized spacial score (nSPS) is 11.7. The number of alkyl carbamates (subject to hydrolysis) is 1. The highest BCUT2D eigenvalue weighted by Gasteiger charge is 2.24. The Bertz CT molecular complexity index is 988. The standard InChI is InChI=1S/C27H37N3O2/c1-9-22-20(14-15-28)24(19-12-10-18(2)11-13-19)21(23(30-22)16-26(3,4)5)17-29-25(31)32-27(6,7)8/h10-13H,9,14,16-17H2,1-8H3,(H,29,31). The summed E-state index contributed by atoms with van der Waals surface area (Å²) >= 11 is 0. The SMILES string of the molecule is CCc1nc(CC(C)(C)C)c(CNC(=O)OC(C)(C)C)c(-c2ccc(C)cc2)c1CC#N. The van der Waals surface area contributed by atoms with E-state index in [1.807, 2.05) is 20.8 Å². The molecule has 0 saturated carbocycles. The van der Waals surface area contributed by atoms with Crippen LogP contribution < -0.4 is 5.32 Å². The van der Waals surface area contributed by atoms with Crippen molar-refractivity contribution in [1.29, 1.82) is 5.26 Å². The van der Waals surface area contributed by atoms with Gasteiger partial charge in [0.25, 0.3) is 0 Å². The van der Waals surface area contributed by atoms with Gasteiger partial charge in [-0.15, -0.1) is 0 Å². The third-order valence-corrected chi connectivity index (χ3v) is 5.01. The Morgan fingerprint density at radius 2 is 1.69 bits per heavy atom. The maximum absolute atomic E-state index is 12.4. The van der Waals surface area contributed by atoms with Crippen molar-refractivity contribution < 1.29 is 9.53 Å². The Labute approximate surface area is 193 Å². The van der Waals surface area contributed by atoms with Gasteiger partial charge in [0.1, 0.15) is 5.60 Å². The molecule has 1 aromatic heterocycles. The van der Waals surface area contributed by atoms with Crippen molar-refractivity contribution in [3.8, 4) is 17.2 Å². The molecule has 1 amide bonds. The Morgan fingerprint density at radius 1 is 1.06 bits per heavy atom. The molecule has 0 atom stereocenters. The molecule has 0 aliphatic carbocycles. The van der Waals surface area contributed by atoms with Crippen molar-refractivity contribution in [3.63, 3.8) is 0 Å². The number of aromatic nitrogens is 1. The molecule has 0 unspecified atom stereocenters. The minimum absolute atomic E-state index is 0.0139. The highest BCUT2D eigenvalue weighted by molar-refractivity contribution is 5.75. The van der Waals surface area contributed by atoms with E-state index in [1.54, 1.807) is 0 Å². The number of nitriles is 1. The quantitative estimate of drug-likeness (QED) is 0.578. The second-order valence-corrected chi connectivity index (χ2v) is 10.5. The lowest BCUT2D eigenvalue weighted by Crippen LogP contribution is -2.33. The zero-order chi connectivity index (χ0) is 24.1. The monoisotopic (exact) mass is 435 g/mol. The third kappa shape index (κ3) is 7.09. The second kappa shape index (κ2) is 10.2. The molecule has 2 rings (SSSR count). The van der Waals surface area contributed by atoms with E-state index in [1.165, 1.54) is 5.56 Å². The van der Waals surface area contributed by atoms with Crippen molar-refractivity contribution in [2.24, 2.45) is 5.41 Å². The van der Waals surface area contributed by atoms with Crippen LogP contribution >= 0.6 is 0 Å². The van der Waals surface area contributed by atoms with Crippen LogP contribution in [0, 0.1) is 23.7 Å². The lowest BCUT2D eigenvalue weighted by molar-refractivity contribution is 0.0523. The van der Waals surface area contributed by atoms with Gasteiger partial charge in [-0.2, -0.15) is 5.26 Å². The molecule has 5 nitrogen and oxygen atoms in total. The van der Waals surface area contributed by atoms with Crippen molar-refractivity contribution in [2.75, 3.05) is 0 Å². The molecule has 1 heterocycles. The van der Waals surface area contributed by atoms with Crippen LogP contribution in [0.3, 0.4) is 0 Å². The molecule has 0 saturated heterocycles. The Hall–Kier alpha value is -2.87. The first-order valence-corrected chi connectivity index (χ1v) is 11.3. The van der Waals surface area contributed by atoms with Gasteiger partial charge in [-0.1, -0.05) is 57.5 Å². The summed E-state index contributed by atoms with van der Waals surface area (Å²) in [7, 11) is 0. The van der Waals surface area contributed by atoms with Gasteiger partial charge in [-0.3, -0.25) is 4.98 Å². The van der Waals surface area contributed by atoms with Gasteiger partial charge in [-0.25, -0.2) is 4.79 Å². The van der Waals surface area contributed by atoms with E-state index in [2.05, 4.69) is 70.3 Å². The topological polar surface area (TPSA) is 75.0 Å². The van der Waals surface area contributed by atoms with E-state index in [0.717, 1.165) is 46.5 Å². The summed E-state index contributed by atoms with van der Waals surface area (Å²) in [5, 5.41) is 12.5. The lowest BCUT2D eigenvalue weighted by atomic mass is 9.84. The molecule has 0 bridgehead atoms. The smallest absolute Gasteiger partial charge is 0.407 e. The number of ether oxygens (including phenoxy) is 1. The molecule has 2 aromatic rings. The lowest BCUT2D eigenvalue weighted by Gasteiger charge is -2.26. The van der Waals surface area contributed by atoms with Crippen LogP contribution in [0.2, 0.25) is 0 Å². The van der Waals surface area contributed by atoms with Gasteiger partial charge in [0.05, 0.1) is 12.5 Å². The molecule has 1 aromatic carbocycles. The van der Waals surface area contributed by atoms with Crippen LogP contribution in [0.15, 0.2) is 24.3 Å². The predicted molar refractivity (Wildman–Crippen MR) is 129 cm³/mol. The molecule has 1 N–H and O–H groups in total. The fourth-order valence-electron chi connectivity index (χ4n) is 3.71. The van der Waals surface area contributed by atoms with Gasteiger partial charge in [-0.05, 0) is 62.6 Å². The van der Waals surface area contributed by atoms with Crippen molar-refractivity contribution in [2.45, 2.75) is 86.8 Å². The first-order valence-electron chi connectivity index (χ1n) is 11.3. The number of rotatable bonds is 6. The third-order valence-electron chi connectivity index (χ3n) is 5.01. The van der Waals surface area contributed by atoms with E-state index in [0.29, 0.717) is 6.54 Å². The van der Waals surface area contributed by atoms with Crippen LogP contribution in [-0.2, 0) is 30.5 Å². The highest BCUT2D eigenvalue weighted by Crippen LogP contribution is 2.35. The minimum atomic E-state index is -0.575. The summed E-state index contributed by atoms with van der Waals surface area (Å²) in [4.78, 5) is 17.5. The molecule has 0 aliphatic rings. The van der Waals surface area contributed by atoms with Crippen LogP contribution in [0.4, 0.5) is 4.79 Å². The maximum Gasteiger partial charge on any atom is 0.407 e. The summed E-state index contributed by atoms with van der Waals surface area (Å²) < 4.78 is 5.46. The fourth-order valence-corrected chi connectivity index (χ4v) is 3.71. The van der Waals surface area contributed by atoms with E-state index in [4.69, 9.17) is 9.72 Å². The number of benzene rings is 1. The number of hydrogen-bond donors (Lipinski definition) is 1. The van der Waals surface area contributed by atoms with E-state index in [9.17, 15) is 10.1 Å². The van der Waals surface area contributed by atoms with Crippen molar-refractivity contribution in [1.82, 2.24) is 10.3 Å². The van der Waals surface area contributed by atoms with E-state index < -0.39 is 11.7 Å².